The van der Waals surface area contributed by atoms with Crippen LogP contribution in [0.1, 0.15) is 30.8 Å². The third-order valence-corrected chi connectivity index (χ3v) is 3.24. The highest BCUT2D eigenvalue weighted by Crippen LogP contribution is 2.26. The van der Waals surface area contributed by atoms with E-state index < -0.39 is 0 Å². The van der Waals surface area contributed by atoms with Crippen LogP contribution in [-0.4, -0.2) is 33.1 Å². The van der Waals surface area contributed by atoms with Gasteiger partial charge in [-0.15, -0.1) is 0 Å². The summed E-state index contributed by atoms with van der Waals surface area (Å²) in [5.74, 6) is 1.56. The maximum absolute atomic E-state index is 5.33. The van der Waals surface area contributed by atoms with E-state index in [9.17, 15) is 0 Å². The zero-order valence-electron chi connectivity index (χ0n) is 10.6. The first-order valence-corrected chi connectivity index (χ1v) is 6.23. The van der Waals surface area contributed by atoms with Crippen LogP contribution >= 0.6 is 0 Å². The summed E-state index contributed by atoms with van der Waals surface area (Å²) >= 11 is 0. The molecule has 18 heavy (non-hydrogen) atoms. The number of hydrogen-bond acceptors (Lipinski definition) is 5. The molecule has 1 atom stereocenters. The van der Waals surface area contributed by atoms with E-state index in [1.54, 1.807) is 0 Å². The van der Waals surface area contributed by atoms with Crippen molar-refractivity contribution in [2.75, 3.05) is 13.2 Å². The minimum atomic E-state index is 0.268. The van der Waals surface area contributed by atoms with Gasteiger partial charge >= 0.3 is 0 Å². The maximum atomic E-state index is 5.33. The molecule has 6 heteroatoms. The van der Waals surface area contributed by atoms with E-state index >= 15 is 0 Å². The van der Waals surface area contributed by atoms with Crippen molar-refractivity contribution >= 4 is 0 Å². The number of nitrogens with zero attached hydrogens (tertiary/aromatic N) is 4. The minimum absolute atomic E-state index is 0.268. The van der Waals surface area contributed by atoms with Crippen LogP contribution in [0, 0.1) is 6.92 Å². The monoisotopic (exact) mass is 248 g/mol. The Balaban J connectivity index is 1.89. The van der Waals surface area contributed by atoms with Gasteiger partial charge in [-0.1, -0.05) is 5.16 Å². The zero-order chi connectivity index (χ0) is 12.5. The number of aromatic nitrogens is 4. The van der Waals surface area contributed by atoms with Gasteiger partial charge in [-0.3, -0.25) is 4.68 Å². The Morgan fingerprint density at radius 2 is 2.39 bits per heavy atom. The number of aryl methyl sites for hydroxylation is 2. The second-order valence-corrected chi connectivity index (χ2v) is 4.50. The van der Waals surface area contributed by atoms with Crippen molar-refractivity contribution in [1.82, 2.24) is 19.9 Å². The second kappa shape index (κ2) is 4.53. The van der Waals surface area contributed by atoms with E-state index in [4.69, 9.17) is 9.26 Å². The predicted molar refractivity (Wildman–Crippen MR) is 64.1 cm³/mol. The molecule has 2 aromatic rings. The fraction of sp³-hybridized carbons (Fsp3) is 0.583. The highest BCUT2D eigenvalue weighted by molar-refractivity contribution is 5.54. The van der Waals surface area contributed by atoms with Crippen LogP contribution in [0.4, 0.5) is 0 Å². The quantitative estimate of drug-likeness (QED) is 0.828. The van der Waals surface area contributed by atoms with Crippen LogP contribution in [0.5, 0.6) is 0 Å². The minimum Gasteiger partial charge on any atom is -0.381 e. The molecule has 6 nitrogen and oxygen atoms in total. The molecule has 0 spiro atoms. The third kappa shape index (κ3) is 1.92. The molecule has 1 aliphatic rings. The van der Waals surface area contributed by atoms with E-state index in [-0.39, 0.29) is 5.92 Å². The van der Waals surface area contributed by atoms with Crippen LogP contribution < -0.4 is 0 Å². The summed E-state index contributed by atoms with van der Waals surface area (Å²) in [6.45, 7) is 6.29. The Kier molecular flexibility index (Phi) is 2.87. The first kappa shape index (κ1) is 11.4. The summed E-state index contributed by atoms with van der Waals surface area (Å²) < 4.78 is 12.5. The first-order chi connectivity index (χ1) is 8.78. The van der Waals surface area contributed by atoms with Crippen molar-refractivity contribution in [3.63, 3.8) is 0 Å². The van der Waals surface area contributed by atoms with Gasteiger partial charge in [0, 0.05) is 25.3 Å². The standard InChI is InChI=1S/C12H16N4O2/c1-3-16-6-10(8(2)14-16)12-13-11(15-18-12)9-4-5-17-7-9/h6,9H,3-5,7H2,1-2H3. The normalized spacial score (nSPS) is 19.6. The Hall–Kier alpha value is -1.69. The summed E-state index contributed by atoms with van der Waals surface area (Å²) in [5, 5.41) is 8.42. The van der Waals surface area contributed by atoms with E-state index in [2.05, 4.69) is 15.2 Å². The van der Waals surface area contributed by atoms with Gasteiger partial charge in [0.15, 0.2) is 5.82 Å². The summed E-state index contributed by atoms with van der Waals surface area (Å²) in [6, 6.07) is 0. The molecule has 0 aromatic carbocycles. The molecule has 3 heterocycles. The molecular formula is C12H16N4O2. The molecule has 96 valence electrons. The van der Waals surface area contributed by atoms with Crippen molar-refractivity contribution < 1.29 is 9.26 Å². The van der Waals surface area contributed by atoms with E-state index in [0.717, 1.165) is 36.7 Å². The Bertz CT molecular complexity index is 540. The molecule has 0 aliphatic carbocycles. The van der Waals surface area contributed by atoms with Gasteiger partial charge in [-0.05, 0) is 20.3 Å². The highest BCUT2D eigenvalue weighted by Gasteiger charge is 2.24. The van der Waals surface area contributed by atoms with Gasteiger partial charge < -0.3 is 9.26 Å². The van der Waals surface area contributed by atoms with Crippen LogP contribution in [0.25, 0.3) is 11.5 Å². The van der Waals surface area contributed by atoms with Gasteiger partial charge in [0.05, 0.1) is 17.9 Å². The number of rotatable bonds is 3. The topological polar surface area (TPSA) is 66.0 Å². The lowest BCUT2D eigenvalue weighted by Crippen LogP contribution is -1.99. The van der Waals surface area contributed by atoms with Gasteiger partial charge in [0.2, 0.25) is 0 Å². The van der Waals surface area contributed by atoms with Crippen LogP contribution in [0.2, 0.25) is 0 Å². The SMILES string of the molecule is CCn1cc(-c2nc(C3CCOC3)no2)c(C)n1. The lowest BCUT2D eigenvalue weighted by Gasteiger charge is -1.97. The molecule has 0 bridgehead atoms. The largest absolute Gasteiger partial charge is 0.381 e. The first-order valence-electron chi connectivity index (χ1n) is 6.23. The summed E-state index contributed by atoms with van der Waals surface area (Å²) in [6.07, 6.45) is 2.91. The van der Waals surface area contributed by atoms with Crippen molar-refractivity contribution in [1.29, 1.82) is 0 Å². The fourth-order valence-electron chi connectivity index (χ4n) is 2.14. The van der Waals surface area contributed by atoms with Crippen molar-refractivity contribution in [2.45, 2.75) is 32.7 Å². The lowest BCUT2D eigenvalue weighted by atomic mass is 10.1. The molecule has 2 aromatic heterocycles. The Morgan fingerprint density at radius 3 is 3.06 bits per heavy atom. The number of hydrogen-bond donors (Lipinski definition) is 0. The molecule has 0 radical (unpaired) electrons. The van der Waals surface area contributed by atoms with Crippen molar-refractivity contribution in [3.8, 4) is 11.5 Å². The van der Waals surface area contributed by atoms with E-state index in [1.165, 1.54) is 0 Å². The zero-order valence-corrected chi connectivity index (χ0v) is 10.6. The van der Waals surface area contributed by atoms with E-state index in [1.807, 2.05) is 24.7 Å². The Morgan fingerprint density at radius 1 is 1.50 bits per heavy atom. The van der Waals surface area contributed by atoms with Crippen molar-refractivity contribution in [2.24, 2.45) is 0 Å². The second-order valence-electron chi connectivity index (χ2n) is 4.50. The predicted octanol–water partition coefficient (Wildman–Crippen LogP) is 1.77. The van der Waals surface area contributed by atoms with Gasteiger partial charge in [0.25, 0.3) is 5.89 Å². The maximum Gasteiger partial charge on any atom is 0.261 e. The summed E-state index contributed by atoms with van der Waals surface area (Å²) in [5.41, 5.74) is 1.82. The molecule has 0 saturated carbocycles. The van der Waals surface area contributed by atoms with Gasteiger partial charge in [-0.2, -0.15) is 10.1 Å². The molecule has 1 aliphatic heterocycles. The van der Waals surface area contributed by atoms with Crippen LogP contribution in [-0.2, 0) is 11.3 Å². The van der Waals surface area contributed by atoms with Crippen LogP contribution in [0.3, 0.4) is 0 Å². The lowest BCUT2D eigenvalue weighted by molar-refractivity contribution is 0.192. The fourth-order valence-corrected chi connectivity index (χ4v) is 2.14. The summed E-state index contributed by atoms with van der Waals surface area (Å²) in [4.78, 5) is 4.46. The average Bonchev–Trinajstić information content (AvgIpc) is 3.08. The molecule has 1 saturated heterocycles. The number of ether oxygens (including phenoxy) is 1. The molecule has 1 unspecified atom stereocenters. The summed E-state index contributed by atoms with van der Waals surface area (Å²) in [7, 11) is 0. The van der Waals surface area contributed by atoms with Crippen LogP contribution in [0.15, 0.2) is 10.7 Å². The van der Waals surface area contributed by atoms with Crippen molar-refractivity contribution in [3.05, 3.63) is 17.7 Å². The molecular weight excluding hydrogens is 232 g/mol. The highest BCUT2D eigenvalue weighted by atomic mass is 16.5. The average molecular weight is 248 g/mol. The van der Waals surface area contributed by atoms with Gasteiger partial charge in [-0.25, -0.2) is 0 Å². The molecule has 0 amide bonds. The smallest absolute Gasteiger partial charge is 0.261 e. The Labute approximate surface area is 105 Å². The molecule has 3 rings (SSSR count). The van der Waals surface area contributed by atoms with Gasteiger partial charge in [0.1, 0.15) is 0 Å². The van der Waals surface area contributed by atoms with E-state index in [0.29, 0.717) is 12.5 Å². The third-order valence-electron chi connectivity index (χ3n) is 3.24. The molecule has 1 fully saturated rings. The molecule has 0 N–H and O–H groups in total.